The van der Waals surface area contributed by atoms with Gasteiger partial charge in [-0.15, -0.1) is 5.10 Å². The number of rotatable bonds is 5. The summed E-state index contributed by atoms with van der Waals surface area (Å²) in [4.78, 5) is 8.62. The molecule has 1 atom stereocenters. The summed E-state index contributed by atoms with van der Waals surface area (Å²) < 4.78 is 3.78. The predicted octanol–water partition coefficient (Wildman–Crippen LogP) is 2.98. The van der Waals surface area contributed by atoms with Gasteiger partial charge in [0.1, 0.15) is 17.7 Å². The fourth-order valence-electron chi connectivity index (χ4n) is 3.39. The molecule has 0 saturated heterocycles. The lowest BCUT2D eigenvalue weighted by molar-refractivity contribution is 0.543. The second-order valence-electron chi connectivity index (χ2n) is 7.23. The van der Waals surface area contributed by atoms with Crippen LogP contribution in [0.1, 0.15) is 37.1 Å². The summed E-state index contributed by atoms with van der Waals surface area (Å²) in [7, 11) is 0. The van der Waals surface area contributed by atoms with E-state index in [0.29, 0.717) is 5.56 Å². The van der Waals surface area contributed by atoms with E-state index in [0.717, 1.165) is 40.4 Å². The summed E-state index contributed by atoms with van der Waals surface area (Å²) in [5, 5.41) is 23.5. The van der Waals surface area contributed by atoms with Gasteiger partial charge in [0.2, 0.25) is 0 Å². The van der Waals surface area contributed by atoms with Crippen molar-refractivity contribution in [3.05, 3.63) is 54.2 Å². The van der Waals surface area contributed by atoms with Crippen LogP contribution in [0.25, 0.3) is 22.3 Å². The lowest BCUT2D eigenvalue weighted by atomic mass is 10.1. The third kappa shape index (κ3) is 2.91. The lowest BCUT2D eigenvalue weighted by Crippen LogP contribution is -2.10. The lowest BCUT2D eigenvalue weighted by Gasteiger charge is -2.09. The van der Waals surface area contributed by atoms with Crippen LogP contribution in [-0.2, 0) is 6.54 Å². The van der Waals surface area contributed by atoms with Crippen LogP contribution in [0.15, 0.2) is 43.0 Å². The average Bonchev–Trinajstić information content (AvgIpc) is 3.28. The van der Waals surface area contributed by atoms with Crippen LogP contribution in [-0.4, -0.2) is 34.7 Å². The topological polar surface area (TPSA) is 98.1 Å². The number of hydrogen-bond donors (Lipinski definition) is 0. The molecular formula is C20H18N8. The van der Waals surface area contributed by atoms with Gasteiger partial charge in [-0.25, -0.2) is 14.6 Å². The van der Waals surface area contributed by atoms with Crippen molar-refractivity contribution < 1.29 is 0 Å². The molecule has 1 fully saturated rings. The van der Waals surface area contributed by atoms with Crippen LogP contribution in [0.3, 0.4) is 0 Å². The van der Waals surface area contributed by atoms with E-state index in [2.05, 4.69) is 26.3 Å². The Labute approximate surface area is 161 Å². The summed E-state index contributed by atoms with van der Waals surface area (Å²) in [5.74, 6) is 0.738. The van der Waals surface area contributed by atoms with Crippen molar-refractivity contribution in [2.45, 2.75) is 32.4 Å². The minimum Gasteiger partial charge on any atom is -0.252 e. The number of nitrogens with zero attached hydrogens (tertiary/aromatic N) is 8. The van der Waals surface area contributed by atoms with Crippen LogP contribution < -0.4 is 0 Å². The molecule has 1 aromatic carbocycles. The normalized spacial score (nSPS) is 14.9. The Balaban J connectivity index is 1.57. The highest BCUT2D eigenvalue weighted by molar-refractivity contribution is 5.90. The molecule has 0 amide bonds. The number of fused-ring (bicyclic) bond motifs is 1. The molecule has 8 heteroatoms. The van der Waals surface area contributed by atoms with E-state index in [1.807, 2.05) is 40.7 Å². The number of benzene rings is 1. The third-order valence-corrected chi connectivity index (χ3v) is 5.13. The molecule has 5 rings (SSSR count). The Morgan fingerprint density at radius 2 is 2.21 bits per heavy atom. The van der Waals surface area contributed by atoms with E-state index in [9.17, 15) is 5.26 Å². The quantitative estimate of drug-likeness (QED) is 0.536. The summed E-state index contributed by atoms with van der Waals surface area (Å²) in [6, 6.07) is 9.45. The van der Waals surface area contributed by atoms with Gasteiger partial charge in [-0.05, 0) is 37.8 Å². The second kappa shape index (κ2) is 6.53. The van der Waals surface area contributed by atoms with Gasteiger partial charge in [0, 0.05) is 18.3 Å². The molecule has 8 nitrogen and oxygen atoms in total. The average molecular weight is 370 g/mol. The van der Waals surface area contributed by atoms with E-state index in [1.165, 1.54) is 19.2 Å². The maximum atomic E-state index is 9.22. The number of aromatic nitrogens is 7. The molecule has 1 aliphatic rings. The standard InChI is InChI=1S/C20H18N8/c1-13(18-11-27(26-24-18)10-14-5-6-14)28-20-17(9-22-12-23-20)19(25-28)16-4-2-3-15(7-16)8-21/h2-4,7,9,11-14H,5-6,10H2,1H3. The maximum absolute atomic E-state index is 9.22. The largest absolute Gasteiger partial charge is 0.252 e. The molecule has 1 unspecified atom stereocenters. The molecule has 0 aliphatic heterocycles. The van der Waals surface area contributed by atoms with Gasteiger partial charge < -0.3 is 0 Å². The fraction of sp³-hybridized carbons (Fsp3) is 0.300. The Morgan fingerprint density at radius 3 is 3.04 bits per heavy atom. The molecule has 3 heterocycles. The maximum Gasteiger partial charge on any atom is 0.162 e. The second-order valence-corrected chi connectivity index (χ2v) is 7.23. The minimum absolute atomic E-state index is 0.127. The molecule has 0 N–H and O–H groups in total. The Morgan fingerprint density at radius 1 is 1.32 bits per heavy atom. The first-order valence-electron chi connectivity index (χ1n) is 9.31. The van der Waals surface area contributed by atoms with Crippen LogP contribution in [0.5, 0.6) is 0 Å². The molecule has 0 spiro atoms. The first-order valence-corrected chi connectivity index (χ1v) is 9.31. The van der Waals surface area contributed by atoms with E-state index >= 15 is 0 Å². The molecule has 28 heavy (non-hydrogen) atoms. The van der Waals surface area contributed by atoms with Crippen LogP contribution >= 0.6 is 0 Å². The van der Waals surface area contributed by atoms with Crippen molar-refractivity contribution in [3.8, 4) is 17.3 Å². The van der Waals surface area contributed by atoms with Crippen molar-refractivity contribution in [2.75, 3.05) is 0 Å². The molecule has 4 aromatic rings. The van der Waals surface area contributed by atoms with E-state index in [4.69, 9.17) is 5.10 Å². The first-order chi connectivity index (χ1) is 13.7. The summed E-state index contributed by atoms with van der Waals surface area (Å²) in [5.41, 5.74) is 3.79. The van der Waals surface area contributed by atoms with Crippen LogP contribution in [0.2, 0.25) is 0 Å². The van der Waals surface area contributed by atoms with Crippen molar-refractivity contribution >= 4 is 11.0 Å². The molecule has 3 aromatic heterocycles. The fourth-order valence-corrected chi connectivity index (χ4v) is 3.39. The smallest absolute Gasteiger partial charge is 0.162 e. The van der Waals surface area contributed by atoms with Gasteiger partial charge in [-0.1, -0.05) is 17.3 Å². The highest BCUT2D eigenvalue weighted by atomic mass is 15.4. The Hall–Kier alpha value is -3.60. The Kier molecular flexibility index (Phi) is 3.86. The van der Waals surface area contributed by atoms with Crippen LogP contribution in [0.4, 0.5) is 0 Å². The molecule has 1 saturated carbocycles. The van der Waals surface area contributed by atoms with Gasteiger partial charge in [-0.2, -0.15) is 10.4 Å². The number of hydrogen-bond acceptors (Lipinski definition) is 6. The van der Waals surface area contributed by atoms with Gasteiger partial charge in [0.15, 0.2) is 5.65 Å². The SMILES string of the molecule is CC(c1cn(CC2CC2)nn1)n1nc(-c2cccc(C#N)c2)c2cncnc21. The third-order valence-electron chi connectivity index (χ3n) is 5.13. The molecule has 138 valence electrons. The zero-order valence-electron chi connectivity index (χ0n) is 15.4. The summed E-state index contributed by atoms with van der Waals surface area (Å²) >= 11 is 0. The van der Waals surface area contributed by atoms with E-state index < -0.39 is 0 Å². The number of nitriles is 1. The Bertz CT molecular complexity index is 1190. The van der Waals surface area contributed by atoms with Crippen LogP contribution in [0, 0.1) is 17.2 Å². The van der Waals surface area contributed by atoms with Crippen molar-refractivity contribution in [1.82, 2.24) is 34.7 Å². The summed E-state index contributed by atoms with van der Waals surface area (Å²) in [6.45, 7) is 2.96. The summed E-state index contributed by atoms with van der Waals surface area (Å²) in [6.07, 6.45) is 7.82. The van der Waals surface area contributed by atoms with Gasteiger partial charge in [0.05, 0.1) is 29.3 Å². The zero-order valence-corrected chi connectivity index (χ0v) is 15.4. The molecular weight excluding hydrogens is 352 g/mol. The van der Waals surface area contributed by atoms with E-state index in [1.54, 1.807) is 12.3 Å². The minimum atomic E-state index is -0.127. The van der Waals surface area contributed by atoms with Crippen molar-refractivity contribution in [3.63, 3.8) is 0 Å². The highest BCUT2D eigenvalue weighted by Crippen LogP contribution is 2.32. The first kappa shape index (κ1) is 16.6. The van der Waals surface area contributed by atoms with Gasteiger partial charge in [0.25, 0.3) is 0 Å². The van der Waals surface area contributed by atoms with Gasteiger partial charge >= 0.3 is 0 Å². The van der Waals surface area contributed by atoms with Crippen molar-refractivity contribution in [2.24, 2.45) is 5.92 Å². The van der Waals surface area contributed by atoms with Gasteiger partial charge in [-0.3, -0.25) is 4.68 Å². The van der Waals surface area contributed by atoms with E-state index in [-0.39, 0.29) is 6.04 Å². The predicted molar refractivity (Wildman–Crippen MR) is 102 cm³/mol. The molecule has 0 bridgehead atoms. The monoisotopic (exact) mass is 370 g/mol. The zero-order chi connectivity index (χ0) is 19.1. The molecule has 0 radical (unpaired) electrons. The van der Waals surface area contributed by atoms with Crippen molar-refractivity contribution in [1.29, 1.82) is 5.26 Å². The highest BCUT2D eigenvalue weighted by Gasteiger charge is 2.24. The molecule has 1 aliphatic carbocycles.